The largest absolute Gasteiger partial charge is 0.461 e. The molecule has 2 rings (SSSR count). The minimum Gasteiger partial charge on any atom is -0.461 e. The van der Waals surface area contributed by atoms with E-state index < -0.39 is 5.97 Å². The lowest BCUT2D eigenvalue weighted by Crippen LogP contribution is -2.07. The summed E-state index contributed by atoms with van der Waals surface area (Å²) in [5.41, 5.74) is 0.991. The van der Waals surface area contributed by atoms with Gasteiger partial charge in [0.1, 0.15) is 5.65 Å². The lowest BCUT2D eigenvalue weighted by Gasteiger charge is -2.03. The number of nitrogens with zero attached hydrogens (tertiary/aromatic N) is 2. The SMILES string of the molecule is CCOC(=O)c1cnc2cc(Cl)c(Br)cn12. The lowest BCUT2D eigenvalue weighted by molar-refractivity contribution is 0.0518. The van der Waals surface area contributed by atoms with E-state index in [2.05, 4.69) is 20.9 Å². The van der Waals surface area contributed by atoms with E-state index in [1.165, 1.54) is 6.20 Å². The monoisotopic (exact) mass is 302 g/mol. The fourth-order valence-corrected chi connectivity index (χ4v) is 1.80. The molecule has 0 aliphatic carbocycles. The lowest BCUT2D eigenvalue weighted by atomic mass is 10.4. The highest BCUT2D eigenvalue weighted by Crippen LogP contribution is 2.24. The van der Waals surface area contributed by atoms with Crippen LogP contribution in [0.2, 0.25) is 5.02 Å². The minimum absolute atomic E-state index is 0.334. The highest BCUT2D eigenvalue weighted by molar-refractivity contribution is 9.10. The number of esters is 1. The molecule has 0 aliphatic rings. The van der Waals surface area contributed by atoms with E-state index in [1.807, 2.05) is 0 Å². The second-order valence-corrected chi connectivity index (χ2v) is 4.32. The standard InChI is InChI=1S/C10H8BrClN2O2/c1-2-16-10(15)8-4-13-9-3-7(12)6(11)5-14(8)9/h3-5H,2H2,1H3. The van der Waals surface area contributed by atoms with Crippen LogP contribution in [0.25, 0.3) is 5.65 Å². The van der Waals surface area contributed by atoms with Gasteiger partial charge in [-0.3, -0.25) is 4.40 Å². The number of ether oxygens (including phenoxy) is 1. The van der Waals surface area contributed by atoms with Gasteiger partial charge in [-0.25, -0.2) is 9.78 Å². The Hall–Kier alpha value is -1.07. The van der Waals surface area contributed by atoms with Crippen molar-refractivity contribution in [1.82, 2.24) is 9.38 Å². The predicted octanol–water partition coefficient (Wildman–Crippen LogP) is 2.93. The molecule has 0 amide bonds. The van der Waals surface area contributed by atoms with Crippen LogP contribution in [0, 0.1) is 0 Å². The molecule has 0 atom stereocenters. The van der Waals surface area contributed by atoms with Crippen molar-refractivity contribution in [3.05, 3.63) is 33.6 Å². The van der Waals surface area contributed by atoms with Gasteiger partial charge in [0.15, 0.2) is 5.69 Å². The molecule has 0 bridgehead atoms. The van der Waals surface area contributed by atoms with Gasteiger partial charge in [0.2, 0.25) is 0 Å². The summed E-state index contributed by atoms with van der Waals surface area (Å²) >= 11 is 9.21. The number of halogens is 2. The summed E-state index contributed by atoms with van der Waals surface area (Å²) in [4.78, 5) is 15.7. The first kappa shape index (κ1) is 11.4. The minimum atomic E-state index is -0.399. The van der Waals surface area contributed by atoms with E-state index in [4.69, 9.17) is 16.3 Å². The molecule has 0 unspecified atom stereocenters. The number of hydrogen-bond donors (Lipinski definition) is 0. The highest BCUT2D eigenvalue weighted by Gasteiger charge is 2.14. The normalized spacial score (nSPS) is 10.7. The van der Waals surface area contributed by atoms with E-state index in [1.54, 1.807) is 23.6 Å². The van der Waals surface area contributed by atoms with E-state index in [-0.39, 0.29) is 0 Å². The molecule has 0 fully saturated rings. The molecule has 4 nitrogen and oxygen atoms in total. The summed E-state index contributed by atoms with van der Waals surface area (Å²) in [5, 5.41) is 0.550. The Balaban J connectivity index is 2.56. The first-order chi connectivity index (χ1) is 7.63. The predicted molar refractivity (Wildman–Crippen MR) is 63.9 cm³/mol. The summed E-state index contributed by atoms with van der Waals surface area (Å²) in [7, 11) is 0. The molecule has 2 heterocycles. The molecule has 0 aliphatic heterocycles. The summed E-state index contributed by atoms with van der Waals surface area (Å²) in [5.74, 6) is -0.399. The van der Waals surface area contributed by atoms with E-state index in [0.717, 1.165) is 0 Å². The second kappa shape index (κ2) is 4.43. The maximum absolute atomic E-state index is 11.6. The molecule has 0 saturated heterocycles. The summed E-state index contributed by atoms with van der Waals surface area (Å²) < 4.78 is 7.25. The van der Waals surface area contributed by atoms with Crippen molar-refractivity contribution in [3.63, 3.8) is 0 Å². The molecule has 0 radical (unpaired) electrons. The van der Waals surface area contributed by atoms with Gasteiger partial charge in [-0.15, -0.1) is 0 Å². The van der Waals surface area contributed by atoms with Crippen LogP contribution >= 0.6 is 27.5 Å². The average molecular weight is 304 g/mol. The molecule has 16 heavy (non-hydrogen) atoms. The Labute approximate surface area is 105 Å². The van der Waals surface area contributed by atoms with Crippen LogP contribution in [0.4, 0.5) is 0 Å². The maximum atomic E-state index is 11.6. The quantitative estimate of drug-likeness (QED) is 0.801. The number of carbonyl (C=O) groups excluding carboxylic acids is 1. The maximum Gasteiger partial charge on any atom is 0.356 e. The molecule has 0 spiro atoms. The van der Waals surface area contributed by atoms with Crippen molar-refractivity contribution in [2.24, 2.45) is 0 Å². The van der Waals surface area contributed by atoms with Gasteiger partial charge in [-0.2, -0.15) is 0 Å². The number of aromatic nitrogens is 2. The van der Waals surface area contributed by atoms with Crippen LogP contribution in [0.5, 0.6) is 0 Å². The summed E-state index contributed by atoms with van der Waals surface area (Å²) in [6.07, 6.45) is 3.16. The van der Waals surface area contributed by atoms with Crippen LogP contribution in [-0.4, -0.2) is 22.0 Å². The Morgan fingerprint density at radius 2 is 2.44 bits per heavy atom. The Morgan fingerprint density at radius 3 is 3.12 bits per heavy atom. The number of rotatable bonds is 2. The molecule has 84 valence electrons. The molecular weight excluding hydrogens is 295 g/mol. The third-order valence-corrected chi connectivity index (χ3v) is 3.21. The van der Waals surface area contributed by atoms with Gasteiger partial charge in [0.25, 0.3) is 0 Å². The Morgan fingerprint density at radius 1 is 1.69 bits per heavy atom. The Kier molecular flexibility index (Phi) is 3.16. The third kappa shape index (κ3) is 1.92. The van der Waals surface area contributed by atoms with Crippen molar-refractivity contribution < 1.29 is 9.53 Å². The van der Waals surface area contributed by atoms with E-state index >= 15 is 0 Å². The number of hydrogen-bond acceptors (Lipinski definition) is 3. The van der Waals surface area contributed by atoms with Gasteiger partial charge in [-0.1, -0.05) is 11.6 Å². The van der Waals surface area contributed by atoms with Crippen molar-refractivity contribution in [2.75, 3.05) is 6.61 Å². The summed E-state index contributed by atoms with van der Waals surface area (Å²) in [6, 6.07) is 1.67. The molecule has 0 N–H and O–H groups in total. The van der Waals surface area contributed by atoms with E-state index in [0.29, 0.717) is 27.4 Å². The van der Waals surface area contributed by atoms with Crippen LogP contribution in [0.15, 0.2) is 22.9 Å². The molecule has 0 saturated carbocycles. The fraction of sp³-hybridized carbons (Fsp3) is 0.200. The molecule has 6 heteroatoms. The number of imidazole rings is 1. The third-order valence-electron chi connectivity index (χ3n) is 2.04. The van der Waals surface area contributed by atoms with Crippen LogP contribution in [0.1, 0.15) is 17.4 Å². The smallest absolute Gasteiger partial charge is 0.356 e. The van der Waals surface area contributed by atoms with Gasteiger partial charge < -0.3 is 4.74 Å². The summed E-state index contributed by atoms with van der Waals surface area (Å²) in [6.45, 7) is 2.09. The van der Waals surface area contributed by atoms with Crippen LogP contribution in [0.3, 0.4) is 0 Å². The van der Waals surface area contributed by atoms with Gasteiger partial charge in [-0.05, 0) is 22.9 Å². The van der Waals surface area contributed by atoms with Crippen molar-refractivity contribution in [1.29, 1.82) is 0 Å². The van der Waals surface area contributed by atoms with Crippen molar-refractivity contribution >= 4 is 39.1 Å². The average Bonchev–Trinajstić information content (AvgIpc) is 2.62. The van der Waals surface area contributed by atoms with Crippen molar-refractivity contribution in [2.45, 2.75) is 6.92 Å². The van der Waals surface area contributed by atoms with Crippen LogP contribution < -0.4 is 0 Å². The topological polar surface area (TPSA) is 43.6 Å². The zero-order valence-electron chi connectivity index (χ0n) is 8.41. The second-order valence-electron chi connectivity index (χ2n) is 3.06. The first-order valence-electron chi connectivity index (χ1n) is 4.62. The first-order valence-corrected chi connectivity index (χ1v) is 5.79. The van der Waals surface area contributed by atoms with Gasteiger partial charge in [0, 0.05) is 12.3 Å². The Bertz CT molecular complexity index is 553. The number of pyridine rings is 1. The number of fused-ring (bicyclic) bond motifs is 1. The van der Waals surface area contributed by atoms with Crippen molar-refractivity contribution in [3.8, 4) is 0 Å². The fourth-order valence-electron chi connectivity index (χ4n) is 1.33. The molecule has 2 aromatic heterocycles. The van der Waals surface area contributed by atoms with Gasteiger partial charge in [0.05, 0.1) is 22.3 Å². The van der Waals surface area contributed by atoms with Gasteiger partial charge >= 0.3 is 5.97 Å². The molecule has 0 aromatic carbocycles. The molecule has 2 aromatic rings. The highest BCUT2D eigenvalue weighted by atomic mass is 79.9. The van der Waals surface area contributed by atoms with Crippen LogP contribution in [-0.2, 0) is 4.74 Å². The number of carbonyl (C=O) groups is 1. The zero-order valence-corrected chi connectivity index (χ0v) is 10.7. The molecular formula is C10H8BrClN2O2. The zero-order chi connectivity index (χ0) is 11.7. The van der Waals surface area contributed by atoms with E-state index in [9.17, 15) is 4.79 Å².